The molecule has 1 fully saturated rings. The van der Waals surface area contributed by atoms with Crippen LogP contribution in [-0.4, -0.2) is 36.0 Å². The van der Waals surface area contributed by atoms with Crippen molar-refractivity contribution in [2.45, 2.75) is 19.8 Å². The summed E-state index contributed by atoms with van der Waals surface area (Å²) in [5, 5.41) is 3.81. The summed E-state index contributed by atoms with van der Waals surface area (Å²) in [4.78, 5) is 19.5. The number of halogens is 2. The maximum atomic E-state index is 13.7. The van der Waals surface area contributed by atoms with Gasteiger partial charge in [0.15, 0.2) is 11.6 Å². The molecule has 1 N–H and O–H groups in total. The van der Waals surface area contributed by atoms with Crippen LogP contribution in [0.4, 0.5) is 20.2 Å². The summed E-state index contributed by atoms with van der Waals surface area (Å²) < 4.78 is 32.3. The molecule has 1 aliphatic heterocycles. The van der Waals surface area contributed by atoms with Gasteiger partial charge in [0, 0.05) is 30.2 Å². The zero-order valence-corrected chi connectivity index (χ0v) is 16.9. The molecule has 2 aromatic carbocycles. The number of methoxy groups -OCH3 is 1. The number of nitrogens with zero attached hydrogens (tertiary/aromatic N) is 2. The van der Waals surface area contributed by atoms with Crippen LogP contribution in [0.5, 0.6) is 5.75 Å². The molecule has 1 saturated heterocycles. The van der Waals surface area contributed by atoms with Crippen molar-refractivity contribution in [3.05, 3.63) is 59.8 Å². The van der Waals surface area contributed by atoms with Gasteiger partial charge >= 0.3 is 0 Å². The van der Waals surface area contributed by atoms with Gasteiger partial charge in [-0.15, -0.1) is 0 Å². The number of aromatic nitrogens is 1. The number of anilines is 2. The molecule has 1 aliphatic rings. The van der Waals surface area contributed by atoms with Crippen molar-refractivity contribution in [1.29, 1.82) is 0 Å². The lowest BCUT2D eigenvalue weighted by atomic mass is 9.99. The highest BCUT2D eigenvalue weighted by atomic mass is 19.2. The van der Waals surface area contributed by atoms with E-state index in [-0.39, 0.29) is 5.91 Å². The molecule has 1 aromatic heterocycles. The SMILES string of the molecule is COc1ccc2nc(C(=O)N3CCC(C)CC3)cc(Nc3ccc(F)c(F)c3)c2c1. The summed E-state index contributed by atoms with van der Waals surface area (Å²) in [5.41, 5.74) is 1.86. The summed E-state index contributed by atoms with van der Waals surface area (Å²) in [7, 11) is 1.56. The van der Waals surface area contributed by atoms with Gasteiger partial charge in [0.2, 0.25) is 0 Å². The van der Waals surface area contributed by atoms with Crippen molar-refractivity contribution >= 4 is 28.2 Å². The highest BCUT2D eigenvalue weighted by Gasteiger charge is 2.23. The fourth-order valence-electron chi connectivity index (χ4n) is 3.65. The molecule has 0 saturated carbocycles. The number of ether oxygens (including phenoxy) is 1. The van der Waals surface area contributed by atoms with E-state index < -0.39 is 11.6 Å². The van der Waals surface area contributed by atoms with E-state index in [9.17, 15) is 13.6 Å². The summed E-state index contributed by atoms with van der Waals surface area (Å²) in [5.74, 6) is -0.766. The van der Waals surface area contributed by atoms with Gasteiger partial charge in [-0.05, 0) is 55.2 Å². The van der Waals surface area contributed by atoms with Crippen LogP contribution in [0.25, 0.3) is 10.9 Å². The Kier molecular flexibility index (Phi) is 5.53. The molecule has 0 spiro atoms. The van der Waals surface area contributed by atoms with Crippen LogP contribution < -0.4 is 10.1 Å². The summed E-state index contributed by atoms with van der Waals surface area (Å²) in [6, 6.07) is 10.6. The maximum absolute atomic E-state index is 13.7. The van der Waals surface area contributed by atoms with E-state index in [4.69, 9.17) is 4.74 Å². The van der Waals surface area contributed by atoms with Crippen LogP contribution >= 0.6 is 0 Å². The molecule has 0 aliphatic carbocycles. The maximum Gasteiger partial charge on any atom is 0.272 e. The predicted molar refractivity (Wildman–Crippen MR) is 112 cm³/mol. The first kappa shape index (κ1) is 20.1. The second-order valence-corrected chi connectivity index (χ2v) is 7.67. The number of rotatable bonds is 4. The smallest absolute Gasteiger partial charge is 0.272 e. The van der Waals surface area contributed by atoms with E-state index in [0.29, 0.717) is 52.7 Å². The number of carbonyl (C=O) groups excluding carboxylic acids is 1. The van der Waals surface area contributed by atoms with E-state index >= 15 is 0 Å². The van der Waals surface area contributed by atoms with Gasteiger partial charge in [0.05, 0.1) is 18.3 Å². The molecular formula is C23H23F2N3O2. The fraction of sp³-hybridized carbons (Fsp3) is 0.304. The van der Waals surface area contributed by atoms with E-state index in [1.54, 1.807) is 31.4 Å². The average Bonchev–Trinajstić information content (AvgIpc) is 2.76. The topological polar surface area (TPSA) is 54.5 Å². The van der Waals surface area contributed by atoms with Crippen LogP contribution in [0.15, 0.2) is 42.5 Å². The molecule has 30 heavy (non-hydrogen) atoms. The van der Waals surface area contributed by atoms with Crippen molar-refractivity contribution in [3.8, 4) is 5.75 Å². The van der Waals surface area contributed by atoms with Gasteiger partial charge in [-0.3, -0.25) is 4.79 Å². The lowest BCUT2D eigenvalue weighted by Crippen LogP contribution is -2.38. The lowest BCUT2D eigenvalue weighted by molar-refractivity contribution is 0.0691. The minimum atomic E-state index is -0.949. The number of hydrogen-bond donors (Lipinski definition) is 1. The number of piperidine rings is 1. The summed E-state index contributed by atoms with van der Waals surface area (Å²) in [6.45, 7) is 3.59. The Hall–Kier alpha value is -3.22. The van der Waals surface area contributed by atoms with Crippen molar-refractivity contribution in [3.63, 3.8) is 0 Å². The second kappa shape index (κ2) is 8.26. The number of fused-ring (bicyclic) bond motifs is 1. The van der Waals surface area contributed by atoms with Crippen LogP contribution in [0.1, 0.15) is 30.3 Å². The first-order valence-corrected chi connectivity index (χ1v) is 9.95. The molecule has 3 aromatic rings. The first-order chi connectivity index (χ1) is 14.4. The Morgan fingerprint density at radius 2 is 1.87 bits per heavy atom. The standard InChI is InChI=1S/C23H23F2N3O2/c1-14-7-9-28(10-8-14)23(29)22-13-21(26-15-3-5-18(24)19(25)11-15)17-12-16(30-2)4-6-20(17)27-22/h3-6,11-14H,7-10H2,1-2H3,(H,26,27). The van der Waals surface area contributed by atoms with Crippen molar-refractivity contribution in [1.82, 2.24) is 9.88 Å². The number of pyridine rings is 1. The Bertz CT molecular complexity index is 1100. The minimum Gasteiger partial charge on any atom is -0.497 e. The Balaban J connectivity index is 1.75. The van der Waals surface area contributed by atoms with Crippen molar-refractivity contribution in [2.24, 2.45) is 5.92 Å². The molecule has 7 heteroatoms. The van der Waals surface area contributed by atoms with Crippen LogP contribution in [-0.2, 0) is 0 Å². The third kappa shape index (κ3) is 4.06. The normalized spacial score (nSPS) is 14.7. The molecule has 5 nitrogen and oxygen atoms in total. The quantitative estimate of drug-likeness (QED) is 0.646. The average molecular weight is 411 g/mol. The summed E-state index contributed by atoms with van der Waals surface area (Å²) >= 11 is 0. The first-order valence-electron chi connectivity index (χ1n) is 9.95. The van der Waals surface area contributed by atoms with Crippen molar-refractivity contribution < 1.29 is 18.3 Å². The zero-order chi connectivity index (χ0) is 21.3. The molecule has 1 amide bonds. The Labute approximate surface area is 173 Å². The van der Waals surface area contributed by atoms with Crippen LogP contribution in [0, 0.1) is 17.6 Å². The Morgan fingerprint density at radius 3 is 2.57 bits per heavy atom. The summed E-state index contributed by atoms with van der Waals surface area (Å²) in [6.07, 6.45) is 1.94. The molecule has 156 valence electrons. The molecule has 0 unspecified atom stereocenters. The zero-order valence-electron chi connectivity index (χ0n) is 16.9. The molecular weight excluding hydrogens is 388 g/mol. The minimum absolute atomic E-state index is 0.132. The number of carbonyl (C=O) groups is 1. The van der Waals surface area contributed by atoms with E-state index in [1.165, 1.54) is 6.07 Å². The molecule has 2 heterocycles. The van der Waals surface area contributed by atoms with Gasteiger partial charge < -0.3 is 15.0 Å². The Morgan fingerprint density at radius 1 is 1.10 bits per heavy atom. The second-order valence-electron chi connectivity index (χ2n) is 7.67. The van der Waals surface area contributed by atoms with Gasteiger partial charge in [-0.25, -0.2) is 13.8 Å². The number of likely N-dealkylation sites (tertiary alicyclic amines) is 1. The number of hydrogen-bond acceptors (Lipinski definition) is 4. The van der Waals surface area contributed by atoms with E-state index in [0.717, 1.165) is 25.0 Å². The van der Waals surface area contributed by atoms with Crippen molar-refractivity contribution in [2.75, 3.05) is 25.5 Å². The number of amides is 1. The highest BCUT2D eigenvalue weighted by Crippen LogP contribution is 2.31. The molecule has 0 radical (unpaired) electrons. The molecule has 0 atom stereocenters. The van der Waals surface area contributed by atoms with Crippen LogP contribution in [0.3, 0.4) is 0 Å². The highest BCUT2D eigenvalue weighted by molar-refractivity contribution is 6.01. The number of nitrogens with one attached hydrogen (secondary N) is 1. The third-order valence-corrected chi connectivity index (χ3v) is 5.50. The lowest BCUT2D eigenvalue weighted by Gasteiger charge is -2.30. The van der Waals surface area contributed by atoms with E-state index in [2.05, 4.69) is 17.2 Å². The monoisotopic (exact) mass is 411 g/mol. The van der Waals surface area contributed by atoms with Crippen LogP contribution in [0.2, 0.25) is 0 Å². The molecule has 0 bridgehead atoms. The molecule has 4 rings (SSSR count). The van der Waals surface area contributed by atoms with Gasteiger partial charge in [-0.2, -0.15) is 0 Å². The van der Waals surface area contributed by atoms with E-state index in [1.807, 2.05) is 4.90 Å². The number of benzene rings is 2. The fourth-order valence-corrected chi connectivity index (χ4v) is 3.65. The predicted octanol–water partition coefficient (Wildman–Crippen LogP) is 5.14. The largest absolute Gasteiger partial charge is 0.497 e. The third-order valence-electron chi connectivity index (χ3n) is 5.50. The van der Waals surface area contributed by atoms with Gasteiger partial charge in [0.1, 0.15) is 11.4 Å². The van der Waals surface area contributed by atoms with Gasteiger partial charge in [-0.1, -0.05) is 6.92 Å². The van der Waals surface area contributed by atoms with Gasteiger partial charge in [0.25, 0.3) is 5.91 Å².